The molecule has 0 aliphatic rings. The van der Waals surface area contributed by atoms with E-state index in [1.807, 2.05) is 23.9 Å². The summed E-state index contributed by atoms with van der Waals surface area (Å²) in [4.78, 5) is 0. The molecule has 0 unspecified atom stereocenters. The van der Waals surface area contributed by atoms with Crippen LogP contribution in [0, 0.1) is 0 Å². The molecule has 0 atom stereocenters. The van der Waals surface area contributed by atoms with Crippen LogP contribution in [0.4, 0.5) is 0 Å². The van der Waals surface area contributed by atoms with Crippen LogP contribution in [0.3, 0.4) is 0 Å². The summed E-state index contributed by atoms with van der Waals surface area (Å²) >= 11 is 2.00. The molecule has 0 fully saturated rings. The highest BCUT2D eigenvalue weighted by atomic mass is 32.2. The zero-order valence-corrected chi connectivity index (χ0v) is 12.3. The van der Waals surface area contributed by atoms with E-state index in [2.05, 4.69) is 6.92 Å². The van der Waals surface area contributed by atoms with Crippen molar-refractivity contribution < 1.29 is 5.11 Å². The number of unbranched alkanes of at least 4 members (excludes halogenated alkanes) is 6. The van der Waals surface area contributed by atoms with Crippen molar-refractivity contribution in [2.45, 2.75) is 57.6 Å². The van der Waals surface area contributed by atoms with E-state index in [1.165, 1.54) is 56.3 Å². The summed E-state index contributed by atoms with van der Waals surface area (Å²) in [7, 11) is 0. The topological polar surface area (TPSA) is 20.2 Å². The summed E-state index contributed by atoms with van der Waals surface area (Å²) in [5.74, 6) is 2.68. The summed E-state index contributed by atoms with van der Waals surface area (Å²) < 4.78 is 0. The highest BCUT2D eigenvalue weighted by Crippen LogP contribution is 2.17. The molecule has 1 N–H and O–H groups in total. The Morgan fingerprint density at radius 2 is 1.50 bits per heavy atom. The van der Waals surface area contributed by atoms with Gasteiger partial charge in [-0.25, -0.2) is 0 Å². The molecule has 1 aromatic rings. The Hall–Kier alpha value is -0.630. The van der Waals surface area contributed by atoms with Gasteiger partial charge in [0.25, 0.3) is 0 Å². The van der Waals surface area contributed by atoms with Crippen LogP contribution in [-0.2, 0) is 5.75 Å². The van der Waals surface area contributed by atoms with Gasteiger partial charge in [0.1, 0.15) is 5.75 Å². The number of phenolic OH excluding ortho intramolecular Hbond substituents is 1. The molecular weight excluding hydrogens is 240 g/mol. The average Bonchev–Trinajstić information content (AvgIpc) is 2.39. The summed E-state index contributed by atoms with van der Waals surface area (Å²) in [6.07, 6.45) is 9.69. The van der Waals surface area contributed by atoms with E-state index < -0.39 is 0 Å². The van der Waals surface area contributed by atoms with Gasteiger partial charge in [-0.1, -0.05) is 57.6 Å². The number of thioether (sulfide) groups is 1. The molecule has 0 saturated heterocycles. The first kappa shape index (κ1) is 15.4. The van der Waals surface area contributed by atoms with Gasteiger partial charge in [0.15, 0.2) is 0 Å². The Bertz CT molecular complexity index is 294. The Labute approximate surface area is 116 Å². The largest absolute Gasteiger partial charge is 0.508 e. The smallest absolute Gasteiger partial charge is 0.115 e. The van der Waals surface area contributed by atoms with Crippen molar-refractivity contribution in [3.05, 3.63) is 29.8 Å². The van der Waals surface area contributed by atoms with Gasteiger partial charge in [-0.2, -0.15) is 11.8 Å². The Morgan fingerprint density at radius 3 is 2.17 bits per heavy atom. The second-order valence-corrected chi connectivity index (χ2v) is 5.95. The van der Waals surface area contributed by atoms with Crippen LogP contribution < -0.4 is 0 Å². The SMILES string of the molecule is CCCCCCCCCSCc1ccc(O)cc1. The van der Waals surface area contributed by atoms with Gasteiger partial charge < -0.3 is 5.11 Å². The Morgan fingerprint density at radius 1 is 0.889 bits per heavy atom. The first-order valence-electron chi connectivity index (χ1n) is 7.18. The molecule has 0 amide bonds. The predicted molar refractivity (Wildman–Crippen MR) is 82.3 cm³/mol. The third kappa shape index (κ3) is 7.65. The van der Waals surface area contributed by atoms with Crippen LogP contribution in [0.25, 0.3) is 0 Å². The van der Waals surface area contributed by atoms with Gasteiger partial charge in [-0.05, 0) is 29.9 Å². The van der Waals surface area contributed by atoms with Crippen molar-refractivity contribution in [2.24, 2.45) is 0 Å². The van der Waals surface area contributed by atoms with Gasteiger partial charge in [-0.3, -0.25) is 0 Å². The molecule has 1 nitrogen and oxygen atoms in total. The normalized spacial score (nSPS) is 10.7. The number of hydrogen-bond acceptors (Lipinski definition) is 2. The van der Waals surface area contributed by atoms with Crippen molar-refractivity contribution in [3.63, 3.8) is 0 Å². The highest BCUT2D eigenvalue weighted by molar-refractivity contribution is 7.98. The minimum atomic E-state index is 0.357. The number of hydrogen-bond donors (Lipinski definition) is 1. The van der Waals surface area contributed by atoms with Crippen molar-refractivity contribution in [1.29, 1.82) is 0 Å². The van der Waals surface area contributed by atoms with Crippen LogP contribution in [0.1, 0.15) is 57.4 Å². The van der Waals surface area contributed by atoms with Crippen LogP contribution in [0.2, 0.25) is 0 Å². The molecule has 0 aromatic heterocycles. The first-order valence-corrected chi connectivity index (χ1v) is 8.34. The monoisotopic (exact) mass is 266 g/mol. The van der Waals surface area contributed by atoms with Gasteiger partial charge in [0, 0.05) is 5.75 Å². The first-order chi connectivity index (χ1) is 8.83. The number of rotatable bonds is 10. The third-order valence-electron chi connectivity index (χ3n) is 3.10. The molecule has 102 valence electrons. The second kappa shape index (κ2) is 10.3. The van der Waals surface area contributed by atoms with Gasteiger partial charge in [-0.15, -0.1) is 0 Å². The van der Waals surface area contributed by atoms with E-state index in [0.717, 1.165) is 5.75 Å². The van der Waals surface area contributed by atoms with E-state index >= 15 is 0 Å². The molecule has 0 radical (unpaired) electrons. The van der Waals surface area contributed by atoms with Gasteiger partial charge in [0.05, 0.1) is 0 Å². The van der Waals surface area contributed by atoms with Crippen LogP contribution >= 0.6 is 11.8 Å². The van der Waals surface area contributed by atoms with Crippen LogP contribution in [0.5, 0.6) is 5.75 Å². The molecule has 1 aromatic carbocycles. The molecule has 1 rings (SSSR count). The van der Waals surface area contributed by atoms with Crippen molar-refractivity contribution in [1.82, 2.24) is 0 Å². The minimum Gasteiger partial charge on any atom is -0.508 e. The van der Waals surface area contributed by atoms with E-state index in [1.54, 1.807) is 12.1 Å². The summed E-state index contributed by atoms with van der Waals surface area (Å²) in [5, 5.41) is 9.18. The minimum absolute atomic E-state index is 0.357. The van der Waals surface area contributed by atoms with Crippen LogP contribution in [-0.4, -0.2) is 10.9 Å². The third-order valence-corrected chi connectivity index (χ3v) is 4.21. The fraction of sp³-hybridized carbons (Fsp3) is 0.625. The fourth-order valence-electron chi connectivity index (χ4n) is 1.94. The number of aromatic hydroxyl groups is 1. The molecule has 2 heteroatoms. The van der Waals surface area contributed by atoms with Crippen molar-refractivity contribution in [3.8, 4) is 5.75 Å². The molecule has 0 saturated carbocycles. The molecule has 18 heavy (non-hydrogen) atoms. The standard InChI is InChI=1S/C16H26OS/c1-2-3-4-5-6-7-8-13-18-14-15-9-11-16(17)12-10-15/h9-12,17H,2-8,13-14H2,1H3. The van der Waals surface area contributed by atoms with E-state index in [4.69, 9.17) is 0 Å². The lowest BCUT2D eigenvalue weighted by molar-refractivity contribution is 0.475. The summed E-state index contributed by atoms with van der Waals surface area (Å²) in [5.41, 5.74) is 1.31. The summed E-state index contributed by atoms with van der Waals surface area (Å²) in [6.45, 7) is 2.26. The van der Waals surface area contributed by atoms with Crippen molar-refractivity contribution >= 4 is 11.8 Å². The molecule has 0 aliphatic carbocycles. The molecule has 0 aliphatic heterocycles. The molecule has 0 bridgehead atoms. The zero-order valence-electron chi connectivity index (χ0n) is 11.5. The van der Waals surface area contributed by atoms with Gasteiger partial charge >= 0.3 is 0 Å². The van der Waals surface area contributed by atoms with E-state index in [-0.39, 0.29) is 0 Å². The highest BCUT2D eigenvalue weighted by Gasteiger charge is 1.95. The molecular formula is C16H26OS. The maximum absolute atomic E-state index is 9.18. The zero-order chi connectivity index (χ0) is 13.1. The van der Waals surface area contributed by atoms with Crippen molar-refractivity contribution in [2.75, 3.05) is 5.75 Å². The molecule has 0 heterocycles. The lowest BCUT2D eigenvalue weighted by atomic mass is 10.1. The summed E-state index contributed by atoms with van der Waals surface area (Å²) in [6, 6.07) is 7.55. The lowest BCUT2D eigenvalue weighted by Crippen LogP contribution is -1.85. The average molecular weight is 266 g/mol. The second-order valence-electron chi connectivity index (χ2n) is 4.84. The number of phenols is 1. The maximum atomic E-state index is 9.18. The number of benzene rings is 1. The maximum Gasteiger partial charge on any atom is 0.115 e. The van der Waals surface area contributed by atoms with E-state index in [9.17, 15) is 5.11 Å². The Kier molecular flexibility index (Phi) is 8.83. The quantitative estimate of drug-likeness (QED) is 0.574. The lowest BCUT2D eigenvalue weighted by Gasteiger charge is -2.03. The predicted octanol–water partition coefficient (Wildman–Crippen LogP) is 5.38. The van der Waals surface area contributed by atoms with E-state index in [0.29, 0.717) is 5.75 Å². The molecule has 0 spiro atoms. The Balaban J connectivity index is 1.91. The van der Waals surface area contributed by atoms with Crippen LogP contribution in [0.15, 0.2) is 24.3 Å². The van der Waals surface area contributed by atoms with Gasteiger partial charge in [0.2, 0.25) is 0 Å². The fourth-order valence-corrected chi connectivity index (χ4v) is 2.92.